The monoisotopic (exact) mass is 323 g/mol. The van der Waals surface area contributed by atoms with Gasteiger partial charge in [0.2, 0.25) is 0 Å². The number of imidazole rings is 1. The molecule has 6 heteroatoms. The Morgan fingerprint density at radius 3 is 2.58 bits per heavy atom. The summed E-state index contributed by atoms with van der Waals surface area (Å²) in [5.74, 6) is -0.612. The van der Waals surface area contributed by atoms with E-state index in [9.17, 15) is 9.59 Å². The first-order valence-corrected chi connectivity index (χ1v) is 7.49. The van der Waals surface area contributed by atoms with Crippen molar-refractivity contribution in [3.63, 3.8) is 0 Å². The van der Waals surface area contributed by atoms with Crippen LogP contribution in [0.25, 0.3) is 5.65 Å². The van der Waals surface area contributed by atoms with E-state index in [2.05, 4.69) is 15.0 Å². The molecule has 0 atom stereocenters. The average molecular weight is 323 g/mol. The quantitative estimate of drug-likeness (QED) is 0.748. The minimum Gasteiger partial charge on any atom is -0.465 e. The highest BCUT2D eigenvalue weighted by atomic mass is 16.5. The lowest BCUT2D eigenvalue weighted by molar-refractivity contribution is 0.0600. The Bertz CT molecular complexity index is 898. The number of hydrogen-bond acceptors (Lipinski definition) is 4. The molecule has 0 radical (unpaired) electrons. The number of nitrogens with zero attached hydrogens (tertiary/aromatic N) is 2. The molecule has 1 aromatic carbocycles. The van der Waals surface area contributed by atoms with Gasteiger partial charge in [0.15, 0.2) is 0 Å². The van der Waals surface area contributed by atoms with Gasteiger partial charge in [0.1, 0.15) is 11.3 Å². The van der Waals surface area contributed by atoms with Gasteiger partial charge >= 0.3 is 5.97 Å². The SMILES string of the molecule is COC(=O)c1ccc(CNC(=O)c2nc3ccccn3c2C)cc1. The van der Waals surface area contributed by atoms with Crippen LogP contribution < -0.4 is 5.32 Å². The Labute approximate surface area is 139 Å². The number of carbonyl (C=O) groups excluding carboxylic acids is 2. The molecule has 0 unspecified atom stereocenters. The van der Waals surface area contributed by atoms with Crippen LogP contribution >= 0.6 is 0 Å². The van der Waals surface area contributed by atoms with Crippen molar-refractivity contribution in [1.29, 1.82) is 0 Å². The lowest BCUT2D eigenvalue weighted by Gasteiger charge is -2.05. The first-order chi connectivity index (χ1) is 11.6. The molecule has 1 N–H and O–H groups in total. The summed E-state index contributed by atoms with van der Waals surface area (Å²) in [6, 6.07) is 12.5. The van der Waals surface area contributed by atoms with Crippen molar-refractivity contribution in [2.24, 2.45) is 0 Å². The maximum atomic E-state index is 12.4. The molecular formula is C18H17N3O3. The Morgan fingerprint density at radius 1 is 1.17 bits per heavy atom. The van der Waals surface area contributed by atoms with E-state index in [1.165, 1.54) is 7.11 Å². The topological polar surface area (TPSA) is 72.7 Å². The van der Waals surface area contributed by atoms with Crippen molar-refractivity contribution >= 4 is 17.5 Å². The lowest BCUT2D eigenvalue weighted by atomic mass is 10.1. The van der Waals surface area contributed by atoms with Gasteiger partial charge in [-0.2, -0.15) is 0 Å². The number of nitrogens with one attached hydrogen (secondary N) is 1. The molecule has 3 aromatic rings. The van der Waals surface area contributed by atoms with E-state index in [1.807, 2.05) is 35.7 Å². The molecule has 0 spiro atoms. The van der Waals surface area contributed by atoms with E-state index in [0.29, 0.717) is 17.8 Å². The third kappa shape index (κ3) is 2.99. The van der Waals surface area contributed by atoms with Crippen LogP contribution in [0.3, 0.4) is 0 Å². The number of amides is 1. The van der Waals surface area contributed by atoms with Gasteiger partial charge in [-0.15, -0.1) is 0 Å². The van der Waals surface area contributed by atoms with Crippen LogP contribution in [0.4, 0.5) is 0 Å². The third-order valence-corrected chi connectivity index (χ3v) is 3.81. The molecule has 0 aliphatic rings. The number of aryl methyl sites for hydroxylation is 1. The molecule has 3 rings (SSSR count). The summed E-state index contributed by atoms with van der Waals surface area (Å²) in [6.45, 7) is 2.22. The highest BCUT2D eigenvalue weighted by molar-refractivity contribution is 5.94. The van der Waals surface area contributed by atoms with E-state index in [0.717, 1.165) is 16.9 Å². The smallest absolute Gasteiger partial charge is 0.337 e. The lowest BCUT2D eigenvalue weighted by Crippen LogP contribution is -2.24. The molecule has 0 fully saturated rings. The van der Waals surface area contributed by atoms with E-state index < -0.39 is 0 Å². The van der Waals surface area contributed by atoms with Crippen LogP contribution in [0.5, 0.6) is 0 Å². The van der Waals surface area contributed by atoms with Crippen molar-refractivity contribution in [1.82, 2.24) is 14.7 Å². The van der Waals surface area contributed by atoms with Crippen LogP contribution in [0.2, 0.25) is 0 Å². The molecule has 1 amide bonds. The summed E-state index contributed by atoms with van der Waals surface area (Å²) in [4.78, 5) is 28.1. The molecule has 122 valence electrons. The number of fused-ring (bicyclic) bond motifs is 1. The normalized spacial score (nSPS) is 10.6. The zero-order valence-corrected chi connectivity index (χ0v) is 13.4. The van der Waals surface area contributed by atoms with Gasteiger partial charge in [-0.25, -0.2) is 9.78 Å². The summed E-state index contributed by atoms with van der Waals surface area (Å²) in [7, 11) is 1.34. The number of methoxy groups -OCH3 is 1. The number of pyridine rings is 1. The van der Waals surface area contributed by atoms with Crippen molar-refractivity contribution < 1.29 is 14.3 Å². The van der Waals surface area contributed by atoms with Gasteiger partial charge in [-0.1, -0.05) is 18.2 Å². The number of aromatic nitrogens is 2. The molecule has 0 saturated heterocycles. The summed E-state index contributed by atoms with van der Waals surface area (Å²) in [5, 5.41) is 2.85. The van der Waals surface area contributed by atoms with Gasteiger partial charge in [0.25, 0.3) is 5.91 Å². The minimum absolute atomic E-state index is 0.228. The minimum atomic E-state index is -0.383. The number of rotatable bonds is 4. The fourth-order valence-corrected chi connectivity index (χ4v) is 2.48. The van der Waals surface area contributed by atoms with E-state index >= 15 is 0 Å². The van der Waals surface area contributed by atoms with Gasteiger partial charge in [0.05, 0.1) is 18.4 Å². The Kier molecular flexibility index (Phi) is 4.29. The maximum Gasteiger partial charge on any atom is 0.337 e. The Morgan fingerprint density at radius 2 is 1.92 bits per heavy atom. The zero-order valence-electron chi connectivity index (χ0n) is 13.4. The molecule has 0 aliphatic heterocycles. The highest BCUT2D eigenvalue weighted by Gasteiger charge is 2.15. The van der Waals surface area contributed by atoms with Gasteiger partial charge < -0.3 is 14.5 Å². The van der Waals surface area contributed by atoms with E-state index in [4.69, 9.17) is 0 Å². The van der Waals surface area contributed by atoms with E-state index in [1.54, 1.807) is 24.3 Å². The first kappa shape index (κ1) is 15.7. The molecular weight excluding hydrogens is 306 g/mol. The highest BCUT2D eigenvalue weighted by Crippen LogP contribution is 2.12. The van der Waals surface area contributed by atoms with Crippen molar-refractivity contribution in [3.8, 4) is 0 Å². The fraction of sp³-hybridized carbons (Fsp3) is 0.167. The number of hydrogen-bond donors (Lipinski definition) is 1. The average Bonchev–Trinajstić information content (AvgIpc) is 2.96. The molecule has 6 nitrogen and oxygen atoms in total. The number of ether oxygens (including phenoxy) is 1. The van der Waals surface area contributed by atoms with Crippen molar-refractivity contribution in [3.05, 3.63) is 71.2 Å². The van der Waals surface area contributed by atoms with E-state index in [-0.39, 0.29) is 11.9 Å². The predicted octanol–water partition coefficient (Wildman–Crippen LogP) is 2.36. The van der Waals surface area contributed by atoms with Crippen molar-refractivity contribution in [2.75, 3.05) is 7.11 Å². The van der Waals surface area contributed by atoms with Crippen LogP contribution in [0.15, 0.2) is 48.7 Å². The fourth-order valence-electron chi connectivity index (χ4n) is 2.48. The largest absolute Gasteiger partial charge is 0.465 e. The van der Waals surface area contributed by atoms with Crippen LogP contribution in [-0.2, 0) is 11.3 Å². The second-order valence-electron chi connectivity index (χ2n) is 5.35. The summed E-state index contributed by atoms with van der Waals surface area (Å²) >= 11 is 0. The number of benzene rings is 1. The predicted molar refractivity (Wildman–Crippen MR) is 88.9 cm³/mol. The van der Waals surface area contributed by atoms with Gasteiger partial charge in [-0.05, 0) is 36.8 Å². The van der Waals surface area contributed by atoms with Crippen LogP contribution in [0, 0.1) is 6.92 Å². The Balaban J connectivity index is 1.70. The molecule has 0 bridgehead atoms. The molecule has 0 saturated carbocycles. The van der Waals surface area contributed by atoms with Gasteiger partial charge in [0, 0.05) is 12.7 Å². The standard InChI is InChI=1S/C18H17N3O3/c1-12-16(20-15-5-3-4-10-21(12)15)17(22)19-11-13-6-8-14(9-7-13)18(23)24-2/h3-10H,11H2,1-2H3,(H,19,22). The second-order valence-corrected chi connectivity index (χ2v) is 5.35. The molecule has 2 aromatic heterocycles. The summed E-state index contributed by atoms with van der Waals surface area (Å²) < 4.78 is 6.53. The molecule has 0 aliphatic carbocycles. The van der Waals surface area contributed by atoms with Crippen LogP contribution in [0.1, 0.15) is 32.1 Å². The molecule has 24 heavy (non-hydrogen) atoms. The second kappa shape index (κ2) is 6.54. The summed E-state index contributed by atoms with van der Waals surface area (Å²) in [6.07, 6.45) is 1.87. The third-order valence-electron chi connectivity index (χ3n) is 3.81. The van der Waals surface area contributed by atoms with Crippen LogP contribution in [-0.4, -0.2) is 28.4 Å². The number of esters is 1. The summed E-state index contributed by atoms with van der Waals surface area (Å²) in [5.41, 5.74) is 3.31. The van der Waals surface area contributed by atoms with Gasteiger partial charge in [-0.3, -0.25) is 4.79 Å². The number of carbonyl (C=O) groups is 2. The zero-order chi connectivity index (χ0) is 17.1. The first-order valence-electron chi connectivity index (χ1n) is 7.49. The molecule has 2 heterocycles. The maximum absolute atomic E-state index is 12.4. The Hall–Kier alpha value is -3.15. The van der Waals surface area contributed by atoms with Crippen molar-refractivity contribution in [2.45, 2.75) is 13.5 Å².